The van der Waals surface area contributed by atoms with Crippen LogP contribution in [0.2, 0.25) is 0 Å². The van der Waals surface area contributed by atoms with E-state index >= 15 is 0 Å². The minimum atomic E-state index is -4.13. The van der Waals surface area contributed by atoms with E-state index in [1.165, 1.54) is 6.42 Å². The summed E-state index contributed by atoms with van der Waals surface area (Å²) in [5.74, 6) is 0. The zero-order valence-electron chi connectivity index (χ0n) is 15.4. The van der Waals surface area contributed by atoms with Gasteiger partial charge >= 0.3 is 29.6 Å². The van der Waals surface area contributed by atoms with Crippen molar-refractivity contribution in [3.8, 4) is 0 Å². The first-order chi connectivity index (χ1) is 10.4. The van der Waals surface area contributed by atoms with E-state index in [4.69, 9.17) is 0 Å². The van der Waals surface area contributed by atoms with Gasteiger partial charge in [-0.3, -0.25) is 0 Å². The molecule has 0 amide bonds. The molecule has 1 N–H and O–H groups in total. The van der Waals surface area contributed by atoms with Crippen molar-refractivity contribution in [3.63, 3.8) is 0 Å². The molecule has 0 rings (SSSR count). The number of aliphatic hydroxyl groups is 1. The van der Waals surface area contributed by atoms with Crippen molar-refractivity contribution in [2.75, 3.05) is 0 Å². The minimum absolute atomic E-state index is 0. The normalized spacial score (nSPS) is 14.3. The zero-order valence-corrected chi connectivity index (χ0v) is 18.2. The van der Waals surface area contributed by atoms with E-state index in [0.717, 1.165) is 64.2 Å². The second-order valence-corrected chi connectivity index (χ2v) is 8.02. The van der Waals surface area contributed by atoms with Crippen LogP contribution in [0.3, 0.4) is 0 Å². The van der Waals surface area contributed by atoms with Gasteiger partial charge in [0, 0.05) is 5.25 Å². The topological polar surface area (TPSA) is 77.4 Å². The molecular formula is C17H35NaO4S. The van der Waals surface area contributed by atoms with Gasteiger partial charge in [-0.25, -0.2) is 8.42 Å². The Kier molecular flexibility index (Phi) is 18.5. The van der Waals surface area contributed by atoms with E-state index in [1.807, 2.05) is 13.8 Å². The van der Waals surface area contributed by atoms with Crippen LogP contribution in [0.1, 0.15) is 97.3 Å². The van der Waals surface area contributed by atoms with E-state index in [1.54, 1.807) is 0 Å². The number of hydrogen-bond donors (Lipinski definition) is 1. The second-order valence-electron chi connectivity index (χ2n) is 6.37. The fourth-order valence-electron chi connectivity index (χ4n) is 2.70. The van der Waals surface area contributed by atoms with Gasteiger partial charge in [0.15, 0.2) is 0 Å². The van der Waals surface area contributed by atoms with Gasteiger partial charge in [-0.1, -0.05) is 71.6 Å². The largest absolute Gasteiger partial charge is 1.00 e. The van der Waals surface area contributed by atoms with Crippen LogP contribution < -0.4 is 29.6 Å². The summed E-state index contributed by atoms with van der Waals surface area (Å²) in [5.41, 5.74) is 0. The van der Waals surface area contributed by atoms with Gasteiger partial charge in [0.1, 0.15) is 0 Å². The number of hydrogen-bond acceptors (Lipinski definition) is 4. The fraction of sp³-hybridized carbons (Fsp3) is 1.00. The average molecular weight is 359 g/mol. The number of rotatable bonds is 15. The van der Waals surface area contributed by atoms with Gasteiger partial charge in [-0.15, -0.1) is 0 Å². The van der Waals surface area contributed by atoms with Crippen LogP contribution in [-0.4, -0.2) is 29.4 Å². The molecule has 0 radical (unpaired) electrons. The van der Waals surface area contributed by atoms with E-state index in [9.17, 15) is 18.1 Å². The Bertz CT molecular complexity index is 347. The van der Waals surface area contributed by atoms with E-state index in [0.29, 0.717) is 12.8 Å². The standard InChI is InChI=1S/C17H36O4S.Na/c1-3-5-14-17(22(19,20)21)15-12-10-8-6-7-9-11-13-16(18)4-2;/h16-18H,3-15H2,1-2H3,(H,19,20,21);/q;+1/p-1. The third kappa shape index (κ3) is 16.1. The second kappa shape index (κ2) is 16.3. The third-order valence-corrected chi connectivity index (χ3v) is 5.61. The molecule has 134 valence electrons. The molecule has 0 aromatic carbocycles. The summed E-state index contributed by atoms with van der Waals surface area (Å²) < 4.78 is 33.5. The van der Waals surface area contributed by atoms with Crippen LogP contribution in [0.5, 0.6) is 0 Å². The van der Waals surface area contributed by atoms with Gasteiger partial charge in [-0.2, -0.15) is 0 Å². The molecule has 6 heteroatoms. The maximum absolute atomic E-state index is 11.2. The first-order valence-electron chi connectivity index (χ1n) is 9.04. The van der Waals surface area contributed by atoms with Gasteiger partial charge in [-0.05, 0) is 25.7 Å². The average Bonchev–Trinajstić information content (AvgIpc) is 2.46. The summed E-state index contributed by atoms with van der Waals surface area (Å²) in [7, 11) is -4.13. The smallest absolute Gasteiger partial charge is 0.748 e. The van der Waals surface area contributed by atoms with Gasteiger partial charge in [0.05, 0.1) is 16.2 Å². The van der Waals surface area contributed by atoms with Crippen LogP contribution in [0, 0.1) is 0 Å². The minimum Gasteiger partial charge on any atom is -0.748 e. The Labute approximate surface area is 165 Å². The molecule has 0 aliphatic carbocycles. The van der Waals surface area contributed by atoms with Crippen LogP contribution in [0.15, 0.2) is 0 Å². The van der Waals surface area contributed by atoms with Crippen molar-refractivity contribution in [1.29, 1.82) is 0 Å². The third-order valence-electron chi connectivity index (χ3n) is 4.32. The van der Waals surface area contributed by atoms with E-state index < -0.39 is 15.4 Å². The molecule has 0 saturated carbocycles. The van der Waals surface area contributed by atoms with Crippen molar-refractivity contribution < 1.29 is 47.6 Å². The summed E-state index contributed by atoms with van der Waals surface area (Å²) >= 11 is 0. The maximum atomic E-state index is 11.2. The molecule has 0 aliphatic heterocycles. The molecule has 2 unspecified atom stereocenters. The molecule has 0 fully saturated rings. The molecule has 0 aliphatic rings. The summed E-state index contributed by atoms with van der Waals surface area (Å²) in [6, 6.07) is 0. The maximum Gasteiger partial charge on any atom is 1.00 e. The Hall–Kier alpha value is 0.870. The van der Waals surface area contributed by atoms with Crippen molar-refractivity contribution in [3.05, 3.63) is 0 Å². The summed E-state index contributed by atoms with van der Waals surface area (Å²) in [6.07, 6.45) is 11.9. The van der Waals surface area contributed by atoms with E-state index in [2.05, 4.69) is 0 Å². The van der Waals surface area contributed by atoms with Crippen LogP contribution in [0.25, 0.3) is 0 Å². The van der Waals surface area contributed by atoms with Crippen LogP contribution >= 0.6 is 0 Å². The molecule has 23 heavy (non-hydrogen) atoms. The Morgan fingerprint density at radius 3 is 1.70 bits per heavy atom. The molecule has 4 nitrogen and oxygen atoms in total. The molecule has 0 aromatic heterocycles. The quantitative estimate of drug-likeness (QED) is 0.272. The molecular weight excluding hydrogens is 323 g/mol. The van der Waals surface area contributed by atoms with E-state index in [-0.39, 0.29) is 35.7 Å². The van der Waals surface area contributed by atoms with Crippen molar-refractivity contribution in [1.82, 2.24) is 0 Å². The van der Waals surface area contributed by atoms with Gasteiger partial charge < -0.3 is 9.66 Å². The van der Waals surface area contributed by atoms with Crippen molar-refractivity contribution in [2.45, 2.75) is 109 Å². The van der Waals surface area contributed by atoms with Crippen LogP contribution in [0.4, 0.5) is 0 Å². The summed E-state index contributed by atoms with van der Waals surface area (Å²) in [4.78, 5) is 0. The fourth-order valence-corrected chi connectivity index (χ4v) is 3.62. The SMILES string of the molecule is CCCCC(CCCCCCCCCC(O)CC)S(=O)(=O)[O-].[Na+]. The van der Waals surface area contributed by atoms with Gasteiger partial charge in [0.2, 0.25) is 0 Å². The monoisotopic (exact) mass is 358 g/mol. The molecule has 0 saturated heterocycles. The zero-order chi connectivity index (χ0) is 16.8. The number of aliphatic hydroxyl groups excluding tert-OH is 1. The van der Waals surface area contributed by atoms with Crippen molar-refractivity contribution >= 4 is 10.1 Å². The van der Waals surface area contributed by atoms with Gasteiger partial charge in [0.25, 0.3) is 0 Å². The summed E-state index contributed by atoms with van der Waals surface area (Å²) in [6.45, 7) is 4.01. The molecule has 0 heterocycles. The first kappa shape index (κ1) is 26.1. The van der Waals surface area contributed by atoms with Crippen LogP contribution in [-0.2, 0) is 10.1 Å². The molecule has 0 spiro atoms. The Morgan fingerprint density at radius 2 is 1.26 bits per heavy atom. The predicted molar refractivity (Wildman–Crippen MR) is 90.9 cm³/mol. The predicted octanol–water partition coefficient (Wildman–Crippen LogP) is 1.38. The Morgan fingerprint density at radius 1 is 0.826 bits per heavy atom. The molecule has 0 aromatic rings. The number of unbranched alkanes of at least 4 members (excludes halogenated alkanes) is 7. The molecule has 2 atom stereocenters. The Balaban J connectivity index is 0. The van der Waals surface area contributed by atoms with Crippen molar-refractivity contribution in [2.24, 2.45) is 0 Å². The molecule has 0 bridgehead atoms. The summed E-state index contributed by atoms with van der Waals surface area (Å²) in [5, 5.41) is 8.76. The first-order valence-corrected chi connectivity index (χ1v) is 10.5.